The number of nitrogens with zero attached hydrogens (tertiary/aromatic N) is 4. The Morgan fingerprint density at radius 1 is 0.571 bits per heavy atom. The molecule has 0 unspecified atom stereocenters. The third kappa shape index (κ3) is 7.09. The molecule has 0 aromatic carbocycles. The largest absolute Gasteiger partial charge is 0.301 e. The summed E-state index contributed by atoms with van der Waals surface area (Å²) in [5, 5.41) is 0. The SMILES string of the molecule is CCN1CCN(C(C)C)CC1.CCN1CCN(CC)CC1. The van der Waals surface area contributed by atoms with E-state index in [4.69, 9.17) is 0 Å². The molecule has 0 aliphatic carbocycles. The minimum atomic E-state index is 0.731. The lowest BCUT2D eigenvalue weighted by atomic mass is 10.2. The topological polar surface area (TPSA) is 13.0 Å². The highest BCUT2D eigenvalue weighted by Crippen LogP contribution is 2.04. The number of hydrogen-bond donors (Lipinski definition) is 0. The molecule has 0 radical (unpaired) electrons. The van der Waals surface area contributed by atoms with Gasteiger partial charge < -0.3 is 14.7 Å². The van der Waals surface area contributed by atoms with E-state index in [0.29, 0.717) is 0 Å². The summed E-state index contributed by atoms with van der Waals surface area (Å²) >= 11 is 0. The van der Waals surface area contributed by atoms with Crippen molar-refractivity contribution in [2.45, 2.75) is 40.7 Å². The predicted octanol–water partition coefficient (Wildman–Crippen LogP) is 1.68. The lowest BCUT2D eigenvalue weighted by Crippen LogP contribution is -2.48. The molecule has 2 rings (SSSR count). The van der Waals surface area contributed by atoms with Crippen molar-refractivity contribution in [3.8, 4) is 0 Å². The van der Waals surface area contributed by atoms with E-state index < -0.39 is 0 Å². The molecule has 4 nitrogen and oxygen atoms in total. The van der Waals surface area contributed by atoms with Gasteiger partial charge in [0.15, 0.2) is 0 Å². The second kappa shape index (κ2) is 10.5. The molecule has 2 aliphatic heterocycles. The maximum atomic E-state index is 2.55. The van der Waals surface area contributed by atoms with Crippen LogP contribution in [0.3, 0.4) is 0 Å². The summed E-state index contributed by atoms with van der Waals surface area (Å²) in [7, 11) is 0. The van der Waals surface area contributed by atoms with Gasteiger partial charge in [0.25, 0.3) is 0 Å². The molecule has 126 valence electrons. The molecular weight excluding hydrogens is 260 g/mol. The molecule has 2 heterocycles. The molecule has 21 heavy (non-hydrogen) atoms. The van der Waals surface area contributed by atoms with Crippen LogP contribution < -0.4 is 0 Å². The van der Waals surface area contributed by atoms with Crippen molar-refractivity contribution in [1.82, 2.24) is 19.6 Å². The fourth-order valence-electron chi connectivity index (χ4n) is 3.02. The zero-order valence-corrected chi connectivity index (χ0v) is 15.1. The maximum Gasteiger partial charge on any atom is 0.0113 e. The van der Waals surface area contributed by atoms with Crippen molar-refractivity contribution in [3.63, 3.8) is 0 Å². The van der Waals surface area contributed by atoms with E-state index in [0.717, 1.165) is 6.04 Å². The lowest BCUT2D eigenvalue weighted by Gasteiger charge is -2.36. The quantitative estimate of drug-likeness (QED) is 0.783. The van der Waals surface area contributed by atoms with E-state index in [2.05, 4.69) is 54.2 Å². The summed E-state index contributed by atoms with van der Waals surface area (Å²) < 4.78 is 0. The molecule has 2 saturated heterocycles. The van der Waals surface area contributed by atoms with Crippen LogP contribution in [-0.2, 0) is 0 Å². The normalized spacial score (nSPS) is 23.1. The maximum absolute atomic E-state index is 2.55. The molecule has 0 atom stereocenters. The number of hydrogen-bond acceptors (Lipinski definition) is 4. The van der Waals surface area contributed by atoms with E-state index in [1.807, 2.05) is 0 Å². The predicted molar refractivity (Wildman–Crippen MR) is 93.1 cm³/mol. The average molecular weight is 299 g/mol. The fourth-order valence-corrected chi connectivity index (χ4v) is 3.02. The Bertz CT molecular complexity index is 229. The van der Waals surface area contributed by atoms with Gasteiger partial charge in [-0.25, -0.2) is 0 Å². The molecule has 4 heteroatoms. The van der Waals surface area contributed by atoms with Gasteiger partial charge in [-0.1, -0.05) is 20.8 Å². The number of piperazine rings is 2. The lowest BCUT2D eigenvalue weighted by molar-refractivity contribution is 0.112. The highest BCUT2D eigenvalue weighted by Gasteiger charge is 2.16. The minimum Gasteiger partial charge on any atom is -0.301 e. The summed E-state index contributed by atoms with van der Waals surface area (Å²) in [4.78, 5) is 10.1. The van der Waals surface area contributed by atoms with Gasteiger partial charge in [0.2, 0.25) is 0 Å². The van der Waals surface area contributed by atoms with Crippen molar-refractivity contribution in [1.29, 1.82) is 0 Å². The van der Waals surface area contributed by atoms with E-state index in [1.54, 1.807) is 0 Å². The van der Waals surface area contributed by atoms with Crippen molar-refractivity contribution in [3.05, 3.63) is 0 Å². The Morgan fingerprint density at radius 3 is 1.10 bits per heavy atom. The van der Waals surface area contributed by atoms with Crippen LogP contribution in [0.2, 0.25) is 0 Å². The highest BCUT2D eigenvalue weighted by molar-refractivity contribution is 4.73. The first-order chi connectivity index (χ1) is 10.1. The monoisotopic (exact) mass is 298 g/mol. The van der Waals surface area contributed by atoms with Gasteiger partial charge >= 0.3 is 0 Å². The average Bonchev–Trinajstić information content (AvgIpc) is 2.55. The van der Waals surface area contributed by atoms with Crippen LogP contribution in [0.25, 0.3) is 0 Å². The molecular formula is C17H38N4. The van der Waals surface area contributed by atoms with Gasteiger partial charge in [0, 0.05) is 58.4 Å². The molecule has 0 N–H and O–H groups in total. The van der Waals surface area contributed by atoms with E-state index in [1.165, 1.54) is 72.0 Å². The van der Waals surface area contributed by atoms with Gasteiger partial charge in [-0.2, -0.15) is 0 Å². The molecule has 0 saturated carbocycles. The van der Waals surface area contributed by atoms with Crippen LogP contribution in [0, 0.1) is 0 Å². The third-order valence-electron chi connectivity index (χ3n) is 4.94. The van der Waals surface area contributed by atoms with Gasteiger partial charge in [0.05, 0.1) is 0 Å². The summed E-state index contributed by atoms with van der Waals surface area (Å²) in [5.74, 6) is 0. The zero-order chi connectivity index (χ0) is 15.7. The van der Waals surface area contributed by atoms with Crippen molar-refractivity contribution in [2.24, 2.45) is 0 Å². The van der Waals surface area contributed by atoms with Crippen LogP contribution >= 0.6 is 0 Å². The van der Waals surface area contributed by atoms with Crippen LogP contribution in [-0.4, -0.2) is 97.6 Å². The van der Waals surface area contributed by atoms with Crippen molar-refractivity contribution >= 4 is 0 Å². The van der Waals surface area contributed by atoms with E-state index in [9.17, 15) is 0 Å². The van der Waals surface area contributed by atoms with Crippen molar-refractivity contribution < 1.29 is 0 Å². The first-order valence-electron chi connectivity index (χ1n) is 9.01. The Labute approximate surface area is 133 Å². The first-order valence-corrected chi connectivity index (χ1v) is 9.01. The van der Waals surface area contributed by atoms with Crippen LogP contribution in [0.5, 0.6) is 0 Å². The smallest absolute Gasteiger partial charge is 0.0113 e. The molecule has 0 aromatic heterocycles. The first kappa shape index (κ1) is 18.9. The molecule has 2 aliphatic rings. The minimum absolute atomic E-state index is 0.731. The van der Waals surface area contributed by atoms with E-state index >= 15 is 0 Å². The Morgan fingerprint density at radius 2 is 0.857 bits per heavy atom. The van der Waals surface area contributed by atoms with Crippen LogP contribution in [0.4, 0.5) is 0 Å². The second-order valence-corrected chi connectivity index (χ2v) is 6.43. The Hall–Kier alpha value is -0.160. The van der Waals surface area contributed by atoms with Crippen LogP contribution in [0.15, 0.2) is 0 Å². The molecule has 0 amide bonds. The van der Waals surface area contributed by atoms with Gasteiger partial charge in [-0.3, -0.25) is 4.90 Å². The Kier molecular flexibility index (Phi) is 9.49. The van der Waals surface area contributed by atoms with E-state index in [-0.39, 0.29) is 0 Å². The molecule has 0 bridgehead atoms. The summed E-state index contributed by atoms with van der Waals surface area (Å²) in [5.41, 5.74) is 0. The summed E-state index contributed by atoms with van der Waals surface area (Å²) in [6, 6.07) is 0.731. The van der Waals surface area contributed by atoms with Gasteiger partial charge in [0.1, 0.15) is 0 Å². The third-order valence-corrected chi connectivity index (χ3v) is 4.94. The molecule has 0 spiro atoms. The standard InChI is InChI=1S/C9H20N2.C8H18N2/c1-4-10-5-7-11(8-6-10)9(2)3;1-3-9-5-7-10(4-2)8-6-9/h9H,4-8H2,1-3H3;3-8H2,1-2H3. The number of rotatable bonds is 4. The highest BCUT2D eigenvalue weighted by atomic mass is 15.3. The molecule has 2 fully saturated rings. The molecule has 0 aromatic rings. The van der Waals surface area contributed by atoms with Crippen molar-refractivity contribution in [2.75, 3.05) is 72.0 Å². The second-order valence-electron chi connectivity index (χ2n) is 6.43. The summed E-state index contributed by atoms with van der Waals surface area (Å²) in [6.45, 7) is 25.0. The zero-order valence-electron chi connectivity index (χ0n) is 15.1. The Balaban J connectivity index is 0.000000211. The van der Waals surface area contributed by atoms with Crippen LogP contribution in [0.1, 0.15) is 34.6 Å². The fraction of sp³-hybridized carbons (Fsp3) is 1.00. The van der Waals surface area contributed by atoms with Gasteiger partial charge in [-0.05, 0) is 33.5 Å². The summed E-state index contributed by atoms with van der Waals surface area (Å²) in [6.07, 6.45) is 0. The van der Waals surface area contributed by atoms with Gasteiger partial charge in [-0.15, -0.1) is 0 Å². The number of likely N-dealkylation sites (N-methyl/N-ethyl adjacent to an activating group) is 3.